The maximum atomic E-state index is 12.7. The van der Waals surface area contributed by atoms with Crippen LogP contribution in [0.2, 0.25) is 0 Å². The number of benzene rings is 2. The number of nitrogens with zero attached hydrogens (tertiary/aromatic N) is 1. The quantitative estimate of drug-likeness (QED) is 0.667. The van der Waals surface area contributed by atoms with Crippen LogP contribution in [0.25, 0.3) is 0 Å². The molecule has 1 heterocycles. The predicted octanol–water partition coefficient (Wildman–Crippen LogP) is 3.76. The standard InChI is InChI=1S/C23H30N2O5S/c1-16(2)15-30-21-11-8-19(14-22(21)29-4)17(3)24-23(26)18-6-9-20(10-7-18)25-12-5-13-31(25,27)28/h6-11,14,16-17H,5,12-13,15H2,1-4H3,(H,24,26). The maximum Gasteiger partial charge on any atom is 0.251 e. The molecule has 2 aromatic rings. The number of methoxy groups -OCH3 is 1. The van der Waals surface area contributed by atoms with Crippen LogP contribution >= 0.6 is 0 Å². The van der Waals surface area contributed by atoms with Crippen molar-refractivity contribution in [1.29, 1.82) is 0 Å². The van der Waals surface area contributed by atoms with Crippen molar-refractivity contribution in [3.8, 4) is 11.5 Å². The van der Waals surface area contributed by atoms with E-state index in [2.05, 4.69) is 19.2 Å². The summed E-state index contributed by atoms with van der Waals surface area (Å²) in [6, 6.07) is 12.0. The van der Waals surface area contributed by atoms with Crippen LogP contribution in [0, 0.1) is 5.92 Å². The van der Waals surface area contributed by atoms with Gasteiger partial charge < -0.3 is 14.8 Å². The second kappa shape index (κ2) is 9.60. The van der Waals surface area contributed by atoms with Gasteiger partial charge in [-0.15, -0.1) is 0 Å². The van der Waals surface area contributed by atoms with Gasteiger partial charge in [-0.2, -0.15) is 0 Å². The first-order valence-electron chi connectivity index (χ1n) is 10.4. The maximum absolute atomic E-state index is 12.7. The summed E-state index contributed by atoms with van der Waals surface area (Å²) in [4.78, 5) is 12.7. The van der Waals surface area contributed by atoms with Crippen molar-refractivity contribution >= 4 is 21.6 Å². The fraction of sp³-hybridized carbons (Fsp3) is 0.435. The number of amides is 1. The fourth-order valence-electron chi connectivity index (χ4n) is 3.40. The molecule has 1 fully saturated rings. The summed E-state index contributed by atoms with van der Waals surface area (Å²) in [6.07, 6.45) is 0.618. The van der Waals surface area contributed by atoms with Crippen molar-refractivity contribution in [2.75, 3.05) is 30.3 Å². The van der Waals surface area contributed by atoms with Crippen LogP contribution < -0.4 is 19.1 Å². The topological polar surface area (TPSA) is 84.9 Å². The molecule has 0 aliphatic carbocycles. The van der Waals surface area contributed by atoms with Gasteiger partial charge in [-0.25, -0.2) is 8.42 Å². The number of carbonyl (C=O) groups excluding carboxylic acids is 1. The lowest BCUT2D eigenvalue weighted by Gasteiger charge is -2.19. The minimum Gasteiger partial charge on any atom is -0.493 e. The number of hydrogen-bond acceptors (Lipinski definition) is 5. The highest BCUT2D eigenvalue weighted by atomic mass is 32.2. The van der Waals surface area contributed by atoms with Crippen LogP contribution in [0.1, 0.15) is 49.2 Å². The van der Waals surface area contributed by atoms with Crippen LogP contribution in [-0.4, -0.2) is 40.3 Å². The number of ether oxygens (including phenoxy) is 2. The largest absolute Gasteiger partial charge is 0.493 e. The Hall–Kier alpha value is -2.74. The lowest BCUT2D eigenvalue weighted by Crippen LogP contribution is -2.27. The predicted molar refractivity (Wildman–Crippen MR) is 121 cm³/mol. The van der Waals surface area contributed by atoms with Crippen molar-refractivity contribution in [2.24, 2.45) is 5.92 Å². The van der Waals surface area contributed by atoms with E-state index in [4.69, 9.17) is 9.47 Å². The van der Waals surface area contributed by atoms with Gasteiger partial charge in [0.2, 0.25) is 10.0 Å². The number of carbonyl (C=O) groups is 1. The third-order valence-electron chi connectivity index (χ3n) is 5.12. The normalized spacial score (nSPS) is 16.2. The lowest BCUT2D eigenvalue weighted by atomic mass is 10.1. The van der Waals surface area contributed by atoms with Crippen LogP contribution in [-0.2, 0) is 10.0 Å². The summed E-state index contributed by atoms with van der Waals surface area (Å²) in [5.41, 5.74) is 1.95. The number of rotatable bonds is 8. The molecular weight excluding hydrogens is 416 g/mol. The summed E-state index contributed by atoms with van der Waals surface area (Å²) in [6.45, 7) is 7.12. The Bertz CT molecular complexity index is 1020. The van der Waals surface area contributed by atoms with Gasteiger partial charge in [-0.1, -0.05) is 19.9 Å². The van der Waals surface area contributed by atoms with Gasteiger partial charge in [-0.3, -0.25) is 9.10 Å². The minimum absolute atomic E-state index is 0.164. The summed E-state index contributed by atoms with van der Waals surface area (Å²) in [7, 11) is -1.65. The van der Waals surface area contributed by atoms with E-state index in [0.29, 0.717) is 48.2 Å². The Labute approximate surface area is 184 Å². The zero-order valence-electron chi connectivity index (χ0n) is 18.4. The molecule has 3 rings (SSSR count). The molecule has 1 atom stereocenters. The average molecular weight is 447 g/mol. The SMILES string of the molecule is COc1cc(C(C)NC(=O)c2ccc(N3CCCS3(=O)=O)cc2)ccc1OCC(C)C. The number of hydrogen-bond donors (Lipinski definition) is 1. The number of nitrogens with one attached hydrogen (secondary N) is 1. The Morgan fingerprint density at radius 2 is 1.81 bits per heavy atom. The molecule has 1 amide bonds. The molecule has 0 spiro atoms. The Morgan fingerprint density at radius 1 is 1.10 bits per heavy atom. The third kappa shape index (κ3) is 5.50. The first-order chi connectivity index (χ1) is 14.7. The molecule has 0 aromatic heterocycles. The van der Waals surface area contributed by atoms with Gasteiger partial charge in [0.05, 0.1) is 31.2 Å². The summed E-state index contributed by atoms with van der Waals surface area (Å²) in [5.74, 6) is 1.63. The molecule has 0 radical (unpaired) electrons. The van der Waals surface area contributed by atoms with Crippen LogP contribution in [0.3, 0.4) is 0 Å². The van der Waals surface area contributed by atoms with Crippen molar-refractivity contribution < 1.29 is 22.7 Å². The van der Waals surface area contributed by atoms with E-state index in [1.54, 1.807) is 31.4 Å². The molecule has 1 N–H and O–H groups in total. The monoisotopic (exact) mass is 446 g/mol. The fourth-order valence-corrected chi connectivity index (χ4v) is 4.97. The van der Waals surface area contributed by atoms with E-state index >= 15 is 0 Å². The second-order valence-electron chi connectivity index (χ2n) is 8.10. The molecule has 8 heteroatoms. The van der Waals surface area contributed by atoms with Crippen LogP contribution in [0.5, 0.6) is 11.5 Å². The molecule has 7 nitrogen and oxygen atoms in total. The Balaban J connectivity index is 1.67. The molecule has 1 saturated heterocycles. The molecule has 168 valence electrons. The Morgan fingerprint density at radius 3 is 2.39 bits per heavy atom. The average Bonchev–Trinajstić information content (AvgIpc) is 3.10. The molecular formula is C23H30N2O5S. The molecule has 1 unspecified atom stereocenters. The van der Waals surface area contributed by atoms with E-state index in [1.807, 2.05) is 25.1 Å². The first kappa shape index (κ1) is 22.9. The van der Waals surface area contributed by atoms with E-state index < -0.39 is 10.0 Å². The van der Waals surface area contributed by atoms with Gasteiger partial charge in [0, 0.05) is 12.1 Å². The van der Waals surface area contributed by atoms with Gasteiger partial charge >= 0.3 is 0 Å². The van der Waals surface area contributed by atoms with Crippen LogP contribution in [0.15, 0.2) is 42.5 Å². The number of anilines is 1. The van der Waals surface area contributed by atoms with Gasteiger partial charge in [0.1, 0.15) is 0 Å². The first-order valence-corrected chi connectivity index (χ1v) is 12.0. The van der Waals surface area contributed by atoms with Crippen LogP contribution in [0.4, 0.5) is 5.69 Å². The molecule has 2 aromatic carbocycles. The van der Waals surface area contributed by atoms with Crippen molar-refractivity contribution in [2.45, 2.75) is 33.2 Å². The second-order valence-corrected chi connectivity index (χ2v) is 10.1. The smallest absolute Gasteiger partial charge is 0.251 e. The summed E-state index contributed by atoms with van der Waals surface area (Å²) in [5, 5.41) is 2.97. The molecule has 31 heavy (non-hydrogen) atoms. The third-order valence-corrected chi connectivity index (χ3v) is 6.99. The highest BCUT2D eigenvalue weighted by molar-refractivity contribution is 7.93. The van der Waals surface area contributed by atoms with E-state index in [1.165, 1.54) is 4.31 Å². The summed E-state index contributed by atoms with van der Waals surface area (Å²) >= 11 is 0. The lowest BCUT2D eigenvalue weighted by molar-refractivity contribution is 0.0940. The van der Waals surface area contributed by atoms with Crippen molar-refractivity contribution in [1.82, 2.24) is 5.32 Å². The zero-order valence-corrected chi connectivity index (χ0v) is 19.2. The van der Waals surface area contributed by atoms with Crippen molar-refractivity contribution in [3.05, 3.63) is 53.6 Å². The van der Waals surface area contributed by atoms with E-state index in [0.717, 1.165) is 5.56 Å². The van der Waals surface area contributed by atoms with Gasteiger partial charge in [0.25, 0.3) is 5.91 Å². The number of sulfonamides is 1. The molecule has 0 saturated carbocycles. The highest BCUT2D eigenvalue weighted by Crippen LogP contribution is 2.31. The van der Waals surface area contributed by atoms with Gasteiger partial charge in [0.15, 0.2) is 11.5 Å². The molecule has 1 aliphatic heterocycles. The van der Waals surface area contributed by atoms with E-state index in [9.17, 15) is 13.2 Å². The molecule has 1 aliphatic rings. The van der Waals surface area contributed by atoms with Crippen molar-refractivity contribution in [3.63, 3.8) is 0 Å². The van der Waals surface area contributed by atoms with E-state index in [-0.39, 0.29) is 17.7 Å². The van der Waals surface area contributed by atoms with Gasteiger partial charge in [-0.05, 0) is 61.2 Å². The highest BCUT2D eigenvalue weighted by Gasteiger charge is 2.28. The zero-order chi connectivity index (χ0) is 22.6. The Kier molecular flexibility index (Phi) is 7.10. The molecule has 0 bridgehead atoms. The summed E-state index contributed by atoms with van der Waals surface area (Å²) < 4.78 is 36.7. The minimum atomic E-state index is -3.24.